The Labute approximate surface area is 122 Å². The third-order valence-electron chi connectivity index (χ3n) is 3.93. The van der Waals surface area contributed by atoms with Crippen molar-refractivity contribution in [2.45, 2.75) is 46.2 Å². The Kier molecular flexibility index (Phi) is 5.03. The van der Waals surface area contributed by atoms with E-state index in [1.165, 1.54) is 18.4 Å². The summed E-state index contributed by atoms with van der Waals surface area (Å²) in [5.41, 5.74) is 3.10. The van der Waals surface area contributed by atoms with Gasteiger partial charge in [-0.15, -0.1) is 0 Å². The summed E-state index contributed by atoms with van der Waals surface area (Å²) in [6, 6.07) is 9.21. The molecule has 0 radical (unpaired) electrons. The van der Waals surface area contributed by atoms with Crippen LogP contribution in [-0.2, 0) is 6.54 Å². The summed E-state index contributed by atoms with van der Waals surface area (Å²) in [6.45, 7) is 9.56. The van der Waals surface area contributed by atoms with Crippen molar-refractivity contribution >= 4 is 5.69 Å². The molecule has 1 unspecified atom stereocenters. The van der Waals surface area contributed by atoms with Crippen LogP contribution in [0.2, 0.25) is 0 Å². The maximum absolute atomic E-state index is 9.41. The summed E-state index contributed by atoms with van der Waals surface area (Å²) < 4.78 is 0. The molecule has 0 spiro atoms. The van der Waals surface area contributed by atoms with E-state index in [9.17, 15) is 5.26 Å². The summed E-state index contributed by atoms with van der Waals surface area (Å²) in [4.78, 5) is 2.36. The van der Waals surface area contributed by atoms with Gasteiger partial charge in [0.1, 0.15) is 6.07 Å². The minimum Gasteiger partial charge on any atom is -0.368 e. The molecule has 1 aromatic rings. The standard InChI is InChI=1S/C17H25N3/c1-13(2)11-19-12-15-6-7-17(16(9-15)10-18)20-8-4-5-14(20)3/h6-7,9,13-14,19H,4-5,8,11-12H2,1-3H3. The van der Waals surface area contributed by atoms with Crippen LogP contribution >= 0.6 is 0 Å². The van der Waals surface area contributed by atoms with Crippen LogP contribution in [0.1, 0.15) is 44.7 Å². The Hall–Kier alpha value is -1.53. The molecule has 1 N–H and O–H groups in total. The zero-order valence-corrected chi connectivity index (χ0v) is 12.8. The maximum Gasteiger partial charge on any atom is 0.101 e. The smallest absolute Gasteiger partial charge is 0.101 e. The van der Waals surface area contributed by atoms with Crippen molar-refractivity contribution in [2.24, 2.45) is 5.92 Å². The Morgan fingerprint density at radius 3 is 2.85 bits per heavy atom. The Morgan fingerprint density at radius 1 is 1.45 bits per heavy atom. The third-order valence-corrected chi connectivity index (χ3v) is 3.93. The number of hydrogen-bond donors (Lipinski definition) is 1. The van der Waals surface area contributed by atoms with Crippen LogP contribution in [0.15, 0.2) is 18.2 Å². The van der Waals surface area contributed by atoms with Gasteiger partial charge in [0.05, 0.1) is 11.3 Å². The first kappa shape index (κ1) is 14.9. The lowest BCUT2D eigenvalue weighted by molar-refractivity contribution is 0.552. The molecule has 1 atom stereocenters. The number of nitrogens with one attached hydrogen (secondary N) is 1. The summed E-state index contributed by atoms with van der Waals surface area (Å²) in [5.74, 6) is 0.648. The van der Waals surface area contributed by atoms with Crippen molar-refractivity contribution in [1.82, 2.24) is 5.32 Å². The van der Waals surface area contributed by atoms with Crippen molar-refractivity contribution in [1.29, 1.82) is 5.26 Å². The highest BCUT2D eigenvalue weighted by Crippen LogP contribution is 2.28. The first-order valence-electron chi connectivity index (χ1n) is 7.62. The topological polar surface area (TPSA) is 39.1 Å². The fourth-order valence-corrected chi connectivity index (χ4v) is 2.83. The minimum absolute atomic E-state index is 0.548. The van der Waals surface area contributed by atoms with Crippen molar-refractivity contribution in [3.05, 3.63) is 29.3 Å². The van der Waals surface area contributed by atoms with Crippen LogP contribution in [0.25, 0.3) is 0 Å². The highest BCUT2D eigenvalue weighted by atomic mass is 15.2. The lowest BCUT2D eigenvalue weighted by atomic mass is 10.1. The van der Waals surface area contributed by atoms with E-state index in [-0.39, 0.29) is 0 Å². The fourth-order valence-electron chi connectivity index (χ4n) is 2.83. The van der Waals surface area contributed by atoms with Crippen LogP contribution in [0, 0.1) is 17.2 Å². The van der Waals surface area contributed by atoms with Gasteiger partial charge in [-0.05, 0) is 49.9 Å². The van der Waals surface area contributed by atoms with Gasteiger partial charge in [-0.1, -0.05) is 19.9 Å². The van der Waals surface area contributed by atoms with Gasteiger partial charge < -0.3 is 10.2 Å². The first-order valence-corrected chi connectivity index (χ1v) is 7.62. The molecule has 1 fully saturated rings. The third kappa shape index (κ3) is 3.52. The summed E-state index contributed by atoms with van der Waals surface area (Å²) in [5, 5.41) is 12.8. The van der Waals surface area contributed by atoms with Gasteiger partial charge >= 0.3 is 0 Å². The van der Waals surface area contributed by atoms with Crippen LogP contribution in [0.3, 0.4) is 0 Å². The zero-order chi connectivity index (χ0) is 14.5. The molecule has 1 saturated heterocycles. The molecular formula is C17H25N3. The Balaban J connectivity index is 2.10. The van der Waals surface area contributed by atoms with Crippen LogP contribution in [-0.4, -0.2) is 19.1 Å². The molecule has 0 bridgehead atoms. The van der Waals surface area contributed by atoms with Crippen LogP contribution in [0.4, 0.5) is 5.69 Å². The molecule has 0 amide bonds. The van der Waals surface area contributed by atoms with Crippen molar-refractivity contribution < 1.29 is 0 Å². The van der Waals surface area contributed by atoms with E-state index in [4.69, 9.17) is 0 Å². The van der Waals surface area contributed by atoms with Crippen molar-refractivity contribution in [3.63, 3.8) is 0 Å². The molecule has 3 heteroatoms. The molecule has 0 aliphatic carbocycles. The highest BCUT2D eigenvalue weighted by Gasteiger charge is 2.22. The molecule has 1 aliphatic rings. The van der Waals surface area contributed by atoms with Gasteiger partial charge in [0.25, 0.3) is 0 Å². The molecular weight excluding hydrogens is 246 g/mol. The molecule has 0 aromatic heterocycles. The summed E-state index contributed by atoms with van der Waals surface area (Å²) >= 11 is 0. The van der Waals surface area contributed by atoms with Gasteiger partial charge in [0.2, 0.25) is 0 Å². The van der Waals surface area contributed by atoms with E-state index in [2.05, 4.69) is 49.2 Å². The second kappa shape index (κ2) is 6.76. The van der Waals surface area contributed by atoms with Gasteiger partial charge in [-0.25, -0.2) is 0 Å². The fraction of sp³-hybridized carbons (Fsp3) is 0.588. The number of rotatable bonds is 5. The molecule has 1 heterocycles. The average molecular weight is 271 g/mol. The maximum atomic E-state index is 9.41. The summed E-state index contributed by atoms with van der Waals surface area (Å²) in [6.07, 6.45) is 2.45. The normalized spacial score (nSPS) is 18.6. The minimum atomic E-state index is 0.548. The van der Waals surface area contributed by atoms with Gasteiger partial charge in [0, 0.05) is 19.1 Å². The second-order valence-electron chi connectivity index (χ2n) is 6.17. The van der Waals surface area contributed by atoms with E-state index in [0.717, 1.165) is 30.9 Å². The zero-order valence-electron chi connectivity index (χ0n) is 12.8. The molecule has 1 aromatic carbocycles. The number of nitrogens with zero attached hydrogens (tertiary/aromatic N) is 2. The number of anilines is 1. The van der Waals surface area contributed by atoms with Gasteiger partial charge in [0.15, 0.2) is 0 Å². The SMILES string of the molecule is CC(C)CNCc1ccc(N2CCCC2C)c(C#N)c1. The number of benzene rings is 1. The monoisotopic (exact) mass is 271 g/mol. The predicted molar refractivity (Wildman–Crippen MR) is 83.7 cm³/mol. The van der Waals surface area contributed by atoms with E-state index in [1.807, 2.05) is 6.07 Å². The lowest BCUT2D eigenvalue weighted by Gasteiger charge is -2.25. The number of hydrogen-bond acceptors (Lipinski definition) is 3. The number of nitriles is 1. The van der Waals surface area contributed by atoms with Gasteiger partial charge in [-0.3, -0.25) is 0 Å². The van der Waals surface area contributed by atoms with E-state index < -0.39 is 0 Å². The first-order chi connectivity index (χ1) is 9.61. The Morgan fingerprint density at radius 2 is 2.25 bits per heavy atom. The summed E-state index contributed by atoms with van der Waals surface area (Å²) in [7, 11) is 0. The van der Waals surface area contributed by atoms with Crippen LogP contribution < -0.4 is 10.2 Å². The van der Waals surface area contributed by atoms with E-state index >= 15 is 0 Å². The largest absolute Gasteiger partial charge is 0.368 e. The van der Waals surface area contributed by atoms with Crippen LogP contribution in [0.5, 0.6) is 0 Å². The molecule has 2 rings (SSSR count). The molecule has 20 heavy (non-hydrogen) atoms. The van der Waals surface area contributed by atoms with Crippen molar-refractivity contribution in [2.75, 3.05) is 18.0 Å². The van der Waals surface area contributed by atoms with Crippen molar-refractivity contribution in [3.8, 4) is 6.07 Å². The van der Waals surface area contributed by atoms with E-state index in [0.29, 0.717) is 12.0 Å². The Bertz CT molecular complexity index is 487. The lowest BCUT2D eigenvalue weighted by Crippen LogP contribution is -2.27. The average Bonchev–Trinajstić information content (AvgIpc) is 2.84. The predicted octanol–water partition coefficient (Wildman–Crippen LogP) is 3.29. The molecule has 108 valence electrons. The quantitative estimate of drug-likeness (QED) is 0.893. The molecule has 1 aliphatic heterocycles. The van der Waals surface area contributed by atoms with Gasteiger partial charge in [-0.2, -0.15) is 5.26 Å². The highest BCUT2D eigenvalue weighted by molar-refractivity contribution is 5.61. The second-order valence-corrected chi connectivity index (χ2v) is 6.17. The molecule has 0 saturated carbocycles. The van der Waals surface area contributed by atoms with E-state index in [1.54, 1.807) is 0 Å². The molecule has 3 nitrogen and oxygen atoms in total.